The third-order valence-electron chi connectivity index (χ3n) is 4.77. The molecule has 1 nitrogen and oxygen atoms in total. The Hall–Kier alpha value is -0.0500. The Labute approximate surface area is 129 Å². The van der Waals surface area contributed by atoms with Gasteiger partial charge in [-0.3, -0.25) is 0 Å². The highest BCUT2D eigenvalue weighted by Gasteiger charge is 2.47. The maximum Gasteiger partial charge on any atom is 0.0449 e. The van der Waals surface area contributed by atoms with E-state index in [4.69, 9.17) is 11.6 Å². The molecule has 3 unspecified atom stereocenters. The summed E-state index contributed by atoms with van der Waals surface area (Å²) in [6.45, 7) is 3.25. The van der Waals surface area contributed by atoms with Gasteiger partial charge in [-0.1, -0.05) is 40.5 Å². The van der Waals surface area contributed by atoms with Gasteiger partial charge in [0.05, 0.1) is 0 Å². The predicted molar refractivity (Wildman–Crippen MR) is 84.6 cm³/mol. The summed E-state index contributed by atoms with van der Waals surface area (Å²) in [5.74, 6) is 2.95. The third kappa shape index (κ3) is 3.17. The van der Waals surface area contributed by atoms with E-state index in [0.29, 0.717) is 6.04 Å². The fourth-order valence-corrected chi connectivity index (χ4v) is 4.43. The van der Waals surface area contributed by atoms with Crippen molar-refractivity contribution in [1.29, 1.82) is 0 Å². The molecule has 2 aliphatic carbocycles. The van der Waals surface area contributed by atoms with Crippen molar-refractivity contribution in [3.05, 3.63) is 33.3 Å². The van der Waals surface area contributed by atoms with E-state index in [0.717, 1.165) is 40.2 Å². The van der Waals surface area contributed by atoms with Crippen molar-refractivity contribution in [2.24, 2.45) is 17.8 Å². The first-order valence-corrected chi connectivity index (χ1v) is 8.51. The molecule has 0 heterocycles. The highest BCUT2D eigenvalue weighted by molar-refractivity contribution is 9.10. The van der Waals surface area contributed by atoms with Gasteiger partial charge in [-0.15, -0.1) is 0 Å². The lowest BCUT2D eigenvalue weighted by atomic mass is 9.89. The smallest absolute Gasteiger partial charge is 0.0449 e. The van der Waals surface area contributed by atoms with Crippen LogP contribution in [0.15, 0.2) is 22.7 Å². The molecule has 0 bridgehead atoms. The maximum atomic E-state index is 6.36. The van der Waals surface area contributed by atoms with Gasteiger partial charge in [-0.05, 0) is 67.7 Å². The van der Waals surface area contributed by atoms with Gasteiger partial charge in [0.25, 0.3) is 0 Å². The second-order valence-electron chi connectivity index (χ2n) is 6.09. The van der Waals surface area contributed by atoms with E-state index < -0.39 is 0 Å². The van der Waals surface area contributed by atoms with Gasteiger partial charge in [-0.2, -0.15) is 0 Å². The van der Waals surface area contributed by atoms with Crippen LogP contribution >= 0.6 is 27.5 Å². The van der Waals surface area contributed by atoms with Crippen molar-refractivity contribution in [1.82, 2.24) is 5.32 Å². The van der Waals surface area contributed by atoms with Crippen LogP contribution in [0.5, 0.6) is 0 Å². The lowest BCUT2D eigenvalue weighted by molar-refractivity contribution is 0.337. The van der Waals surface area contributed by atoms with Gasteiger partial charge >= 0.3 is 0 Å². The molecular formula is C16H21BrClN. The number of likely N-dealkylation sites (N-methyl/N-ethyl adjacent to an activating group) is 1. The quantitative estimate of drug-likeness (QED) is 0.820. The zero-order valence-electron chi connectivity index (χ0n) is 11.3. The summed E-state index contributed by atoms with van der Waals surface area (Å²) < 4.78 is 1.06. The number of nitrogens with one attached hydrogen (secondary N) is 1. The van der Waals surface area contributed by atoms with Crippen LogP contribution in [0.3, 0.4) is 0 Å². The molecule has 3 heteroatoms. The van der Waals surface area contributed by atoms with Crippen molar-refractivity contribution in [2.45, 2.75) is 38.6 Å². The van der Waals surface area contributed by atoms with Crippen molar-refractivity contribution >= 4 is 27.5 Å². The van der Waals surface area contributed by atoms with Crippen LogP contribution in [-0.2, 0) is 6.42 Å². The fraction of sp³-hybridized carbons (Fsp3) is 0.625. The summed E-state index contributed by atoms with van der Waals surface area (Å²) in [5.41, 5.74) is 1.27. The lowest BCUT2D eigenvalue weighted by Gasteiger charge is -2.26. The Morgan fingerprint density at radius 3 is 2.68 bits per heavy atom. The Morgan fingerprint density at radius 1 is 1.32 bits per heavy atom. The summed E-state index contributed by atoms with van der Waals surface area (Å²) in [5, 5.41) is 4.57. The number of hydrogen-bond donors (Lipinski definition) is 1. The standard InChI is InChI=1S/C16H21BrClN/c1-2-19-16(13-6-11-5-12(11)7-13)8-10-3-4-14(17)9-15(10)18/h3-4,9,11-13,16,19H,2,5-8H2,1H3. The Morgan fingerprint density at radius 2 is 2.05 bits per heavy atom. The minimum absolute atomic E-state index is 0.594. The van der Waals surface area contributed by atoms with Gasteiger partial charge < -0.3 is 5.32 Å². The molecule has 3 atom stereocenters. The van der Waals surface area contributed by atoms with Crippen LogP contribution in [0.1, 0.15) is 31.7 Å². The summed E-state index contributed by atoms with van der Waals surface area (Å²) in [6, 6.07) is 6.85. The van der Waals surface area contributed by atoms with Crippen molar-refractivity contribution in [3.63, 3.8) is 0 Å². The molecule has 0 aromatic heterocycles. The molecule has 2 fully saturated rings. The van der Waals surface area contributed by atoms with E-state index in [1.54, 1.807) is 0 Å². The Bertz CT molecular complexity index is 452. The zero-order valence-corrected chi connectivity index (χ0v) is 13.7. The molecule has 2 aliphatic rings. The van der Waals surface area contributed by atoms with E-state index in [1.807, 2.05) is 6.07 Å². The normalized spacial score (nSPS) is 30.2. The van der Waals surface area contributed by atoms with Crippen molar-refractivity contribution < 1.29 is 0 Å². The van der Waals surface area contributed by atoms with E-state index in [9.17, 15) is 0 Å². The van der Waals surface area contributed by atoms with Crippen LogP contribution in [0.4, 0.5) is 0 Å². The van der Waals surface area contributed by atoms with Crippen LogP contribution in [0, 0.1) is 17.8 Å². The minimum atomic E-state index is 0.594. The second-order valence-corrected chi connectivity index (χ2v) is 7.41. The van der Waals surface area contributed by atoms with Crippen LogP contribution in [0.2, 0.25) is 5.02 Å². The average Bonchev–Trinajstić information content (AvgIpc) is 2.98. The van der Waals surface area contributed by atoms with Crippen LogP contribution in [-0.4, -0.2) is 12.6 Å². The van der Waals surface area contributed by atoms with E-state index in [2.05, 4.69) is 40.3 Å². The molecule has 1 N–H and O–H groups in total. The van der Waals surface area contributed by atoms with Gasteiger partial charge in [0.1, 0.15) is 0 Å². The largest absolute Gasteiger partial charge is 0.314 e. The monoisotopic (exact) mass is 341 g/mol. The third-order valence-corrected chi connectivity index (χ3v) is 5.62. The first kappa shape index (κ1) is 13.9. The molecule has 0 aliphatic heterocycles. The van der Waals surface area contributed by atoms with Crippen LogP contribution in [0.25, 0.3) is 0 Å². The first-order valence-electron chi connectivity index (χ1n) is 7.34. The number of fused-ring (bicyclic) bond motifs is 1. The topological polar surface area (TPSA) is 12.0 Å². The zero-order chi connectivity index (χ0) is 13.4. The Kier molecular flexibility index (Phi) is 4.21. The van der Waals surface area contributed by atoms with Crippen LogP contribution < -0.4 is 5.32 Å². The van der Waals surface area contributed by atoms with Crippen molar-refractivity contribution in [2.75, 3.05) is 6.54 Å². The fourth-order valence-electron chi connectivity index (χ4n) is 3.68. The molecule has 1 aromatic carbocycles. The Balaban J connectivity index is 1.69. The molecule has 0 amide bonds. The van der Waals surface area contributed by atoms with Crippen molar-refractivity contribution in [3.8, 4) is 0 Å². The molecular weight excluding hydrogens is 322 g/mol. The summed E-state index contributed by atoms with van der Waals surface area (Å²) in [4.78, 5) is 0. The minimum Gasteiger partial charge on any atom is -0.314 e. The SMILES string of the molecule is CCNC(Cc1ccc(Br)cc1Cl)C1CC2CC2C1. The van der Waals surface area contributed by atoms with Gasteiger partial charge in [0.15, 0.2) is 0 Å². The van der Waals surface area contributed by atoms with Gasteiger partial charge in [0, 0.05) is 15.5 Å². The van der Waals surface area contributed by atoms with E-state index in [-0.39, 0.29) is 0 Å². The van der Waals surface area contributed by atoms with Gasteiger partial charge in [-0.25, -0.2) is 0 Å². The molecule has 0 spiro atoms. The molecule has 0 saturated heterocycles. The lowest BCUT2D eigenvalue weighted by Crippen LogP contribution is -2.37. The number of rotatable bonds is 5. The summed E-state index contributed by atoms with van der Waals surface area (Å²) >= 11 is 9.83. The summed E-state index contributed by atoms with van der Waals surface area (Å²) in [6.07, 6.45) is 5.41. The van der Waals surface area contributed by atoms with E-state index in [1.165, 1.54) is 24.8 Å². The molecule has 1 aromatic rings. The van der Waals surface area contributed by atoms with E-state index >= 15 is 0 Å². The number of halogens is 2. The highest BCUT2D eigenvalue weighted by atomic mass is 79.9. The number of hydrogen-bond acceptors (Lipinski definition) is 1. The first-order chi connectivity index (χ1) is 9.17. The average molecular weight is 343 g/mol. The highest BCUT2D eigenvalue weighted by Crippen LogP contribution is 2.55. The number of benzene rings is 1. The van der Waals surface area contributed by atoms with Gasteiger partial charge in [0.2, 0.25) is 0 Å². The molecule has 2 saturated carbocycles. The molecule has 3 rings (SSSR count). The predicted octanol–water partition coefficient (Wildman–Crippen LogP) is 4.67. The molecule has 104 valence electrons. The summed E-state index contributed by atoms with van der Waals surface area (Å²) in [7, 11) is 0. The second kappa shape index (κ2) is 5.75. The molecule has 0 radical (unpaired) electrons. The molecule has 19 heavy (non-hydrogen) atoms. The maximum absolute atomic E-state index is 6.36.